The summed E-state index contributed by atoms with van der Waals surface area (Å²) in [4.78, 5) is 12.0. The number of aromatic nitrogens is 2. The van der Waals surface area contributed by atoms with E-state index in [-0.39, 0.29) is 5.92 Å². The maximum atomic E-state index is 12.0. The molecule has 1 aromatic heterocycles. The first-order valence-corrected chi connectivity index (χ1v) is 9.23. The van der Waals surface area contributed by atoms with Crippen LogP contribution in [0.3, 0.4) is 0 Å². The minimum atomic E-state index is -0.558. The Morgan fingerprint density at radius 1 is 1.24 bits per heavy atom. The number of ether oxygens (including phenoxy) is 1. The van der Waals surface area contributed by atoms with E-state index in [9.17, 15) is 4.79 Å². The van der Waals surface area contributed by atoms with Gasteiger partial charge in [0.25, 0.3) is 5.22 Å². The fraction of sp³-hybridized carbons (Fsp3) is 0.500. The normalized spacial score (nSPS) is 12.9. The van der Waals surface area contributed by atoms with Crippen LogP contribution in [-0.4, -0.2) is 21.9 Å². The molecular weight excluding hydrogens is 338 g/mol. The molecule has 2 rings (SSSR count). The van der Waals surface area contributed by atoms with Crippen molar-refractivity contribution >= 4 is 17.9 Å². The molecule has 6 nitrogen and oxygen atoms in total. The lowest BCUT2D eigenvalue weighted by Crippen LogP contribution is -2.37. The Morgan fingerprint density at radius 3 is 2.52 bits per heavy atom. The van der Waals surface area contributed by atoms with Gasteiger partial charge in [0, 0.05) is 5.75 Å². The zero-order valence-electron chi connectivity index (χ0n) is 15.3. The topological polar surface area (TPSA) is 77.2 Å². The summed E-state index contributed by atoms with van der Waals surface area (Å²) in [7, 11) is 0. The van der Waals surface area contributed by atoms with Gasteiger partial charge in [-0.25, -0.2) is 4.79 Å². The summed E-state index contributed by atoms with van der Waals surface area (Å²) < 4.78 is 11.0. The number of thioether (sulfide) groups is 1. The molecule has 2 aromatic rings. The second-order valence-corrected chi connectivity index (χ2v) is 7.97. The number of nitrogens with zero attached hydrogens (tertiary/aromatic N) is 2. The highest BCUT2D eigenvalue weighted by Gasteiger charge is 2.27. The summed E-state index contributed by atoms with van der Waals surface area (Å²) in [6.45, 7) is 9.41. The molecule has 0 aliphatic rings. The lowest BCUT2D eigenvalue weighted by molar-refractivity contribution is 0.0477. The number of nitrogens with one attached hydrogen (secondary N) is 1. The number of amides is 1. The van der Waals surface area contributed by atoms with E-state index in [1.165, 1.54) is 17.3 Å². The molecule has 1 aromatic carbocycles. The van der Waals surface area contributed by atoms with Gasteiger partial charge < -0.3 is 14.5 Å². The van der Waals surface area contributed by atoms with E-state index in [0.717, 1.165) is 5.75 Å². The molecule has 0 spiro atoms. The van der Waals surface area contributed by atoms with E-state index in [1.54, 1.807) is 0 Å². The first-order valence-electron chi connectivity index (χ1n) is 8.24. The van der Waals surface area contributed by atoms with Gasteiger partial charge in [0.1, 0.15) is 11.6 Å². The third-order valence-electron chi connectivity index (χ3n) is 3.23. The Balaban J connectivity index is 1.99. The largest absolute Gasteiger partial charge is 0.444 e. The van der Waals surface area contributed by atoms with Gasteiger partial charge in [0.05, 0.1) is 0 Å². The van der Waals surface area contributed by atoms with Crippen LogP contribution < -0.4 is 5.32 Å². The monoisotopic (exact) mass is 363 g/mol. The summed E-state index contributed by atoms with van der Waals surface area (Å²) in [5, 5.41) is 11.5. The number of alkyl carbamates (subject to hydrolysis) is 1. The Labute approximate surface area is 152 Å². The predicted molar refractivity (Wildman–Crippen MR) is 97.2 cm³/mol. The van der Waals surface area contributed by atoms with Crippen LogP contribution in [0.1, 0.15) is 52.1 Å². The third kappa shape index (κ3) is 6.42. The Hall–Kier alpha value is -2.02. The molecule has 0 bridgehead atoms. The molecule has 0 aliphatic heterocycles. The summed E-state index contributed by atoms with van der Waals surface area (Å²) in [6, 6.07) is 9.67. The molecule has 1 N–H and O–H groups in total. The lowest BCUT2D eigenvalue weighted by atomic mass is 10.1. The van der Waals surface area contributed by atoms with E-state index < -0.39 is 17.7 Å². The van der Waals surface area contributed by atoms with Crippen LogP contribution in [0.15, 0.2) is 40.0 Å². The zero-order valence-corrected chi connectivity index (χ0v) is 16.1. The van der Waals surface area contributed by atoms with E-state index >= 15 is 0 Å². The van der Waals surface area contributed by atoms with Crippen molar-refractivity contribution in [2.45, 2.75) is 57.2 Å². The van der Waals surface area contributed by atoms with Crippen LogP contribution in [0, 0.1) is 5.92 Å². The number of hydrogen-bond acceptors (Lipinski definition) is 6. The molecule has 0 unspecified atom stereocenters. The summed E-state index contributed by atoms with van der Waals surface area (Å²) in [5.41, 5.74) is 0.622. The highest BCUT2D eigenvalue weighted by Crippen LogP contribution is 2.26. The van der Waals surface area contributed by atoms with Crippen LogP contribution in [0.4, 0.5) is 4.79 Å². The SMILES string of the molecule is CC(C)[C@@H](NC(=O)OC(C)(C)C)c1nnc(SCc2ccccc2)o1. The van der Waals surface area contributed by atoms with Crippen molar-refractivity contribution in [2.24, 2.45) is 5.92 Å². The maximum Gasteiger partial charge on any atom is 0.408 e. The van der Waals surface area contributed by atoms with Gasteiger partial charge in [-0.2, -0.15) is 0 Å². The van der Waals surface area contributed by atoms with Crippen LogP contribution in [0.5, 0.6) is 0 Å². The van der Waals surface area contributed by atoms with Crippen LogP contribution in [-0.2, 0) is 10.5 Å². The summed E-state index contributed by atoms with van der Waals surface area (Å²) in [6.07, 6.45) is -0.497. The van der Waals surface area contributed by atoms with Crippen LogP contribution in [0.2, 0.25) is 0 Å². The third-order valence-corrected chi connectivity index (χ3v) is 4.12. The smallest absolute Gasteiger partial charge is 0.408 e. The molecular formula is C18H25N3O3S. The Bertz CT molecular complexity index is 680. The number of benzene rings is 1. The van der Waals surface area contributed by atoms with Gasteiger partial charge in [-0.1, -0.05) is 55.9 Å². The highest BCUT2D eigenvalue weighted by molar-refractivity contribution is 7.98. The molecule has 7 heteroatoms. The Morgan fingerprint density at radius 2 is 1.92 bits per heavy atom. The second kappa shape index (κ2) is 8.38. The fourth-order valence-electron chi connectivity index (χ4n) is 2.07. The fourth-order valence-corrected chi connectivity index (χ4v) is 2.80. The molecule has 0 saturated heterocycles. The second-order valence-electron chi connectivity index (χ2n) is 7.05. The van der Waals surface area contributed by atoms with E-state index in [2.05, 4.69) is 15.5 Å². The average Bonchev–Trinajstić information content (AvgIpc) is 2.98. The molecule has 25 heavy (non-hydrogen) atoms. The first-order chi connectivity index (χ1) is 11.7. The lowest BCUT2D eigenvalue weighted by Gasteiger charge is -2.23. The van der Waals surface area contributed by atoms with Crippen molar-refractivity contribution in [3.05, 3.63) is 41.8 Å². The summed E-state index contributed by atoms with van der Waals surface area (Å²) >= 11 is 1.47. The molecule has 0 fully saturated rings. The average molecular weight is 363 g/mol. The summed E-state index contributed by atoms with van der Waals surface area (Å²) in [5.74, 6) is 1.21. The van der Waals surface area contributed by atoms with Gasteiger partial charge in [-0.3, -0.25) is 0 Å². The van der Waals surface area contributed by atoms with Gasteiger partial charge >= 0.3 is 6.09 Å². The molecule has 0 saturated carbocycles. The number of carbonyl (C=O) groups is 1. The van der Waals surface area contributed by atoms with Gasteiger partial charge in [0.2, 0.25) is 5.89 Å². The predicted octanol–water partition coefficient (Wildman–Crippen LogP) is 4.58. The maximum absolute atomic E-state index is 12.0. The quantitative estimate of drug-likeness (QED) is 0.757. The van der Waals surface area contributed by atoms with E-state index in [1.807, 2.05) is 65.0 Å². The molecule has 1 heterocycles. The van der Waals surface area contributed by atoms with Crippen molar-refractivity contribution < 1.29 is 13.9 Å². The van der Waals surface area contributed by atoms with E-state index in [4.69, 9.17) is 9.15 Å². The number of carbonyl (C=O) groups excluding carboxylic acids is 1. The van der Waals surface area contributed by atoms with Crippen molar-refractivity contribution in [2.75, 3.05) is 0 Å². The van der Waals surface area contributed by atoms with Crippen molar-refractivity contribution in [1.82, 2.24) is 15.5 Å². The zero-order chi connectivity index (χ0) is 18.4. The molecule has 1 atom stereocenters. The van der Waals surface area contributed by atoms with Crippen molar-refractivity contribution in [3.8, 4) is 0 Å². The van der Waals surface area contributed by atoms with Gasteiger partial charge in [-0.05, 0) is 32.3 Å². The highest BCUT2D eigenvalue weighted by atomic mass is 32.2. The number of hydrogen-bond donors (Lipinski definition) is 1. The van der Waals surface area contributed by atoms with E-state index in [0.29, 0.717) is 11.1 Å². The Kier molecular flexibility index (Phi) is 6.47. The number of rotatable bonds is 6. The van der Waals surface area contributed by atoms with Gasteiger partial charge in [-0.15, -0.1) is 10.2 Å². The first kappa shape index (κ1) is 19.3. The minimum absolute atomic E-state index is 0.0833. The van der Waals surface area contributed by atoms with Crippen LogP contribution in [0.25, 0.3) is 0 Å². The van der Waals surface area contributed by atoms with Crippen molar-refractivity contribution in [1.29, 1.82) is 0 Å². The molecule has 0 aliphatic carbocycles. The standard InChI is InChI=1S/C18H25N3O3S/c1-12(2)14(19-16(22)24-18(3,4)5)15-20-21-17(23-15)25-11-13-9-7-6-8-10-13/h6-10,12,14H,11H2,1-5H3,(H,19,22)/t14-/m1/s1. The molecule has 136 valence electrons. The van der Waals surface area contributed by atoms with Crippen LogP contribution >= 0.6 is 11.8 Å². The molecule has 0 radical (unpaired) electrons. The molecule has 1 amide bonds. The van der Waals surface area contributed by atoms with Gasteiger partial charge in [0.15, 0.2) is 0 Å². The van der Waals surface area contributed by atoms with Crippen molar-refractivity contribution in [3.63, 3.8) is 0 Å². The minimum Gasteiger partial charge on any atom is -0.444 e.